The van der Waals surface area contributed by atoms with Gasteiger partial charge in [0.15, 0.2) is 0 Å². The zero-order valence-corrected chi connectivity index (χ0v) is 10.3. The Balaban J connectivity index is 2.32. The molecule has 0 radical (unpaired) electrons. The first-order valence-corrected chi connectivity index (χ1v) is 5.91. The quantitative estimate of drug-likeness (QED) is 0.860. The highest BCUT2D eigenvalue weighted by molar-refractivity contribution is 5.70. The lowest BCUT2D eigenvalue weighted by Crippen LogP contribution is -2.16. The van der Waals surface area contributed by atoms with Crippen molar-refractivity contribution in [3.05, 3.63) is 17.0 Å². The third-order valence-electron chi connectivity index (χ3n) is 3.41. The lowest BCUT2D eigenvalue weighted by atomic mass is 9.89. The van der Waals surface area contributed by atoms with E-state index in [1.165, 1.54) is 0 Å². The minimum Gasteiger partial charge on any atom is -0.481 e. The second kappa shape index (κ2) is 4.87. The van der Waals surface area contributed by atoms with Gasteiger partial charge in [-0.25, -0.2) is 0 Å². The van der Waals surface area contributed by atoms with Gasteiger partial charge >= 0.3 is 5.97 Å². The van der Waals surface area contributed by atoms with Crippen molar-refractivity contribution in [2.24, 2.45) is 7.05 Å². The predicted molar refractivity (Wildman–Crippen MR) is 62.1 cm³/mol. The molecule has 1 saturated heterocycles. The SMILES string of the molecule is Cc1c(C2CCOCC2)c(CC(=O)O)nn1C. The first kappa shape index (κ1) is 12.1. The van der Waals surface area contributed by atoms with Crippen LogP contribution in [0.25, 0.3) is 0 Å². The monoisotopic (exact) mass is 238 g/mol. The summed E-state index contributed by atoms with van der Waals surface area (Å²) in [5.41, 5.74) is 2.91. The van der Waals surface area contributed by atoms with Gasteiger partial charge in [-0.1, -0.05) is 0 Å². The molecule has 0 aliphatic carbocycles. The Labute approximate surface area is 100 Å². The molecule has 1 aromatic rings. The minimum atomic E-state index is -0.823. The molecular weight excluding hydrogens is 220 g/mol. The van der Waals surface area contributed by atoms with Crippen LogP contribution in [0.3, 0.4) is 0 Å². The largest absolute Gasteiger partial charge is 0.481 e. The van der Waals surface area contributed by atoms with Gasteiger partial charge in [-0.05, 0) is 25.7 Å². The number of carboxylic acid groups (broad SMARTS) is 1. The van der Waals surface area contributed by atoms with Gasteiger partial charge in [-0.2, -0.15) is 5.10 Å². The topological polar surface area (TPSA) is 64.3 Å². The summed E-state index contributed by atoms with van der Waals surface area (Å²) in [5, 5.41) is 13.2. The standard InChI is InChI=1S/C12H18N2O3/c1-8-12(9-3-5-17-6-4-9)10(7-11(15)16)13-14(8)2/h9H,3-7H2,1-2H3,(H,15,16). The summed E-state index contributed by atoms with van der Waals surface area (Å²) < 4.78 is 7.13. The van der Waals surface area contributed by atoms with Crippen LogP contribution in [0.1, 0.15) is 35.7 Å². The fourth-order valence-corrected chi connectivity index (χ4v) is 2.48. The van der Waals surface area contributed by atoms with E-state index in [2.05, 4.69) is 5.10 Å². The summed E-state index contributed by atoms with van der Waals surface area (Å²) in [6.07, 6.45) is 1.92. The van der Waals surface area contributed by atoms with Crippen molar-refractivity contribution in [1.29, 1.82) is 0 Å². The lowest BCUT2D eigenvalue weighted by molar-refractivity contribution is -0.136. The first-order valence-electron chi connectivity index (χ1n) is 5.91. The maximum absolute atomic E-state index is 10.9. The number of ether oxygens (including phenoxy) is 1. The Kier molecular flexibility index (Phi) is 3.47. The molecule has 1 aliphatic rings. The number of rotatable bonds is 3. The number of aryl methyl sites for hydroxylation is 1. The molecule has 17 heavy (non-hydrogen) atoms. The molecule has 0 spiro atoms. The van der Waals surface area contributed by atoms with E-state index in [9.17, 15) is 4.79 Å². The Morgan fingerprint density at radius 3 is 2.76 bits per heavy atom. The van der Waals surface area contributed by atoms with Crippen molar-refractivity contribution < 1.29 is 14.6 Å². The van der Waals surface area contributed by atoms with Gasteiger partial charge in [0, 0.05) is 31.5 Å². The summed E-state index contributed by atoms with van der Waals surface area (Å²) in [4.78, 5) is 10.9. The van der Waals surface area contributed by atoms with Crippen LogP contribution in [0, 0.1) is 6.92 Å². The van der Waals surface area contributed by atoms with Crippen molar-refractivity contribution in [2.45, 2.75) is 32.1 Å². The molecule has 0 bridgehead atoms. The van der Waals surface area contributed by atoms with E-state index < -0.39 is 5.97 Å². The fraction of sp³-hybridized carbons (Fsp3) is 0.667. The van der Waals surface area contributed by atoms with E-state index in [1.807, 2.05) is 14.0 Å². The first-order chi connectivity index (χ1) is 8.09. The zero-order valence-electron chi connectivity index (χ0n) is 10.3. The molecule has 0 aromatic carbocycles. The number of hydrogen-bond acceptors (Lipinski definition) is 3. The molecule has 1 aliphatic heterocycles. The van der Waals surface area contributed by atoms with Crippen molar-refractivity contribution in [3.8, 4) is 0 Å². The average molecular weight is 238 g/mol. The molecule has 1 N–H and O–H groups in total. The van der Waals surface area contributed by atoms with Crippen LogP contribution in [0.2, 0.25) is 0 Å². The molecular formula is C12H18N2O3. The number of carbonyl (C=O) groups is 1. The summed E-state index contributed by atoms with van der Waals surface area (Å²) >= 11 is 0. The molecule has 1 fully saturated rings. The predicted octanol–water partition coefficient (Wildman–Crippen LogP) is 1.25. The van der Waals surface area contributed by atoms with Crippen molar-refractivity contribution in [2.75, 3.05) is 13.2 Å². The van der Waals surface area contributed by atoms with E-state index in [1.54, 1.807) is 4.68 Å². The molecule has 0 unspecified atom stereocenters. The maximum Gasteiger partial charge on any atom is 0.309 e. The highest BCUT2D eigenvalue weighted by Gasteiger charge is 2.25. The highest BCUT2D eigenvalue weighted by Crippen LogP contribution is 2.31. The third kappa shape index (κ3) is 2.49. The van der Waals surface area contributed by atoms with Crippen molar-refractivity contribution >= 4 is 5.97 Å². The van der Waals surface area contributed by atoms with Gasteiger partial charge in [-0.3, -0.25) is 9.48 Å². The summed E-state index contributed by atoms with van der Waals surface area (Å²) in [6.45, 7) is 3.51. The fourth-order valence-electron chi connectivity index (χ4n) is 2.48. The van der Waals surface area contributed by atoms with Gasteiger partial charge < -0.3 is 9.84 Å². The number of nitrogens with zero attached hydrogens (tertiary/aromatic N) is 2. The van der Waals surface area contributed by atoms with E-state index in [4.69, 9.17) is 9.84 Å². The maximum atomic E-state index is 10.9. The van der Waals surface area contributed by atoms with Crippen LogP contribution in [0.5, 0.6) is 0 Å². The number of aromatic nitrogens is 2. The average Bonchev–Trinajstić information content (AvgIpc) is 2.55. The number of carboxylic acids is 1. The van der Waals surface area contributed by atoms with E-state index in [0.717, 1.165) is 37.3 Å². The van der Waals surface area contributed by atoms with Crippen LogP contribution >= 0.6 is 0 Å². The smallest absolute Gasteiger partial charge is 0.309 e. The second-order valence-corrected chi connectivity index (χ2v) is 4.53. The third-order valence-corrected chi connectivity index (χ3v) is 3.41. The normalized spacial score (nSPS) is 17.3. The van der Waals surface area contributed by atoms with Crippen LogP contribution in [0.15, 0.2) is 0 Å². The molecule has 1 aromatic heterocycles. The van der Waals surface area contributed by atoms with Crippen LogP contribution < -0.4 is 0 Å². The zero-order chi connectivity index (χ0) is 12.4. The lowest BCUT2D eigenvalue weighted by Gasteiger charge is -2.22. The Morgan fingerprint density at radius 2 is 2.18 bits per heavy atom. The molecule has 0 saturated carbocycles. The van der Waals surface area contributed by atoms with Crippen LogP contribution in [-0.2, 0) is 23.0 Å². The van der Waals surface area contributed by atoms with Crippen LogP contribution in [-0.4, -0.2) is 34.1 Å². The minimum absolute atomic E-state index is 0.00830. The van der Waals surface area contributed by atoms with E-state index in [-0.39, 0.29) is 6.42 Å². The molecule has 2 heterocycles. The highest BCUT2D eigenvalue weighted by atomic mass is 16.5. The summed E-state index contributed by atoms with van der Waals surface area (Å²) in [7, 11) is 1.86. The summed E-state index contributed by atoms with van der Waals surface area (Å²) in [6, 6.07) is 0. The van der Waals surface area contributed by atoms with Gasteiger partial charge in [0.1, 0.15) is 0 Å². The molecule has 5 nitrogen and oxygen atoms in total. The van der Waals surface area contributed by atoms with Crippen molar-refractivity contribution in [1.82, 2.24) is 9.78 Å². The van der Waals surface area contributed by atoms with Gasteiger partial charge in [0.05, 0.1) is 12.1 Å². The van der Waals surface area contributed by atoms with E-state index in [0.29, 0.717) is 11.6 Å². The molecule has 94 valence electrons. The van der Waals surface area contributed by atoms with Gasteiger partial charge in [-0.15, -0.1) is 0 Å². The molecule has 0 atom stereocenters. The second-order valence-electron chi connectivity index (χ2n) is 4.53. The van der Waals surface area contributed by atoms with Gasteiger partial charge in [0.25, 0.3) is 0 Å². The van der Waals surface area contributed by atoms with Crippen molar-refractivity contribution in [3.63, 3.8) is 0 Å². The number of aliphatic carboxylic acids is 1. The Bertz CT molecular complexity index is 420. The Hall–Kier alpha value is -1.36. The van der Waals surface area contributed by atoms with Gasteiger partial charge in [0.2, 0.25) is 0 Å². The number of hydrogen-bond donors (Lipinski definition) is 1. The van der Waals surface area contributed by atoms with Crippen LogP contribution in [0.4, 0.5) is 0 Å². The summed E-state index contributed by atoms with van der Waals surface area (Å²) in [5.74, 6) is -0.428. The van der Waals surface area contributed by atoms with E-state index >= 15 is 0 Å². The molecule has 0 amide bonds. The molecule has 5 heteroatoms. The Morgan fingerprint density at radius 1 is 1.53 bits per heavy atom. The molecule has 2 rings (SSSR count).